The van der Waals surface area contributed by atoms with Crippen LogP contribution in [0.15, 0.2) is 5.16 Å². The number of rotatable bonds is 5. The van der Waals surface area contributed by atoms with E-state index in [0.29, 0.717) is 42.0 Å². The molecule has 0 spiro atoms. The van der Waals surface area contributed by atoms with E-state index >= 15 is 0 Å². The smallest absolute Gasteiger partial charge is 0.139 e. The maximum absolute atomic E-state index is 12.7. The van der Waals surface area contributed by atoms with Crippen LogP contribution in [0.2, 0.25) is 0 Å². The molecule has 168 valence electrons. The molecule has 0 aliphatic heterocycles. The lowest BCUT2D eigenvalue weighted by Crippen LogP contribution is -2.56. The van der Waals surface area contributed by atoms with Crippen molar-refractivity contribution in [2.75, 3.05) is 20.2 Å². The highest BCUT2D eigenvalue weighted by Gasteiger charge is 2.61. The Labute approximate surface area is 188 Å². The predicted molar refractivity (Wildman–Crippen MR) is 124 cm³/mol. The fourth-order valence-electron chi connectivity index (χ4n) is 7.63. The van der Waals surface area contributed by atoms with Gasteiger partial charge in [0, 0.05) is 17.8 Å². The summed E-state index contributed by atoms with van der Waals surface area (Å²) >= 11 is 0. The quantitative estimate of drug-likeness (QED) is 0.382. The van der Waals surface area contributed by atoms with E-state index in [0.717, 1.165) is 57.9 Å². The second-order valence-electron chi connectivity index (χ2n) is 10.6. The molecule has 0 aromatic rings. The van der Waals surface area contributed by atoms with Gasteiger partial charge in [-0.05, 0) is 94.0 Å². The van der Waals surface area contributed by atoms with E-state index in [9.17, 15) is 4.79 Å². The molecule has 0 bridgehead atoms. The minimum Gasteiger partial charge on any atom is -0.396 e. The summed E-state index contributed by atoms with van der Waals surface area (Å²) in [6.07, 6.45) is 15.5. The van der Waals surface area contributed by atoms with Gasteiger partial charge in [-0.2, -0.15) is 0 Å². The Morgan fingerprint density at radius 2 is 2.00 bits per heavy atom. The van der Waals surface area contributed by atoms with Gasteiger partial charge in [0.25, 0.3) is 0 Å². The number of hydrogen-bond donors (Lipinski definition) is 1. The maximum atomic E-state index is 12.7. The first-order valence-electron chi connectivity index (χ1n) is 11.8. The van der Waals surface area contributed by atoms with Gasteiger partial charge in [-0.1, -0.05) is 19.0 Å². The number of hydrogen-bond acceptors (Lipinski definition) is 4. The van der Waals surface area contributed by atoms with Crippen LogP contribution in [0.1, 0.15) is 71.6 Å². The molecule has 4 rings (SSSR count). The zero-order chi connectivity index (χ0) is 20.6. The molecule has 0 aromatic carbocycles. The molecule has 30 heavy (non-hydrogen) atoms. The normalized spacial score (nSPS) is 43.7. The summed E-state index contributed by atoms with van der Waals surface area (Å²) in [5.41, 5.74) is 1.40. The van der Waals surface area contributed by atoms with Gasteiger partial charge in [0.05, 0.1) is 5.71 Å². The van der Waals surface area contributed by atoms with Crippen molar-refractivity contribution >= 4 is 23.9 Å². The number of ketones is 1. The third kappa shape index (κ3) is 3.82. The number of fused-ring (bicyclic) bond motifs is 5. The highest BCUT2D eigenvalue weighted by atomic mass is 35.5. The average Bonchev–Trinajstić information content (AvgIpc) is 3.02. The minimum absolute atomic E-state index is 0. The topological polar surface area (TPSA) is 50.7 Å². The largest absolute Gasteiger partial charge is 0.396 e. The van der Waals surface area contributed by atoms with Crippen LogP contribution in [-0.2, 0) is 9.63 Å². The fraction of sp³-hybridized carbons (Fsp3) is 0.840. The number of carbonyl (C=O) groups excluding carboxylic acids is 1. The summed E-state index contributed by atoms with van der Waals surface area (Å²) in [5.74, 6) is 6.38. The fourth-order valence-corrected chi connectivity index (χ4v) is 7.63. The number of terminal acetylenes is 1. The average molecular weight is 435 g/mol. The lowest BCUT2D eigenvalue weighted by molar-refractivity contribution is -0.139. The van der Waals surface area contributed by atoms with Crippen molar-refractivity contribution in [3.8, 4) is 12.3 Å². The maximum Gasteiger partial charge on any atom is 0.139 e. The van der Waals surface area contributed by atoms with E-state index in [1.54, 1.807) is 0 Å². The monoisotopic (exact) mass is 434 g/mol. The van der Waals surface area contributed by atoms with Crippen LogP contribution in [0.5, 0.6) is 0 Å². The summed E-state index contributed by atoms with van der Waals surface area (Å²) in [6, 6.07) is 0. The standard InChI is InChI=1S/C25H38N2O2.ClH/c1-5-17-15-19-20-7-8-23(28)25(20,3)12-10-21(19)24(2)11-9-18(16-22(17)24)27-29-14-6-13-26-4;/h1,17,19-22,26H,6-16H2,2-4H3;1H/b27-18+;/t17-,19-,20-,21-,22+,24+,25-;/m0./s1. The molecule has 0 radical (unpaired) electrons. The molecule has 4 fully saturated rings. The first-order chi connectivity index (χ1) is 13.9. The second-order valence-corrected chi connectivity index (χ2v) is 10.6. The first kappa shape index (κ1) is 23.6. The van der Waals surface area contributed by atoms with Crippen molar-refractivity contribution in [1.29, 1.82) is 0 Å². The number of Topliss-reactive ketones (excluding diaryl/α,β-unsaturated/α-hetero) is 1. The van der Waals surface area contributed by atoms with E-state index in [1.807, 2.05) is 7.05 Å². The molecule has 4 aliphatic rings. The van der Waals surface area contributed by atoms with Gasteiger partial charge < -0.3 is 10.2 Å². The minimum atomic E-state index is -0.0774. The molecule has 0 aromatic heterocycles. The molecule has 5 heteroatoms. The Kier molecular flexibility index (Phi) is 7.25. The summed E-state index contributed by atoms with van der Waals surface area (Å²) in [4.78, 5) is 18.3. The lowest BCUT2D eigenvalue weighted by atomic mass is 9.43. The van der Waals surface area contributed by atoms with Gasteiger partial charge in [0.1, 0.15) is 12.4 Å². The van der Waals surface area contributed by atoms with Gasteiger partial charge in [0.2, 0.25) is 0 Å². The lowest BCUT2D eigenvalue weighted by Gasteiger charge is -2.61. The molecule has 4 saturated carbocycles. The number of carbonyl (C=O) groups is 1. The van der Waals surface area contributed by atoms with E-state index in [1.165, 1.54) is 12.1 Å². The van der Waals surface area contributed by atoms with Crippen molar-refractivity contribution < 1.29 is 9.63 Å². The Balaban J connectivity index is 0.00000256. The van der Waals surface area contributed by atoms with Gasteiger partial charge >= 0.3 is 0 Å². The summed E-state index contributed by atoms with van der Waals surface area (Å²) in [6.45, 7) is 6.38. The Morgan fingerprint density at radius 1 is 1.20 bits per heavy atom. The SMILES string of the molecule is C#C[C@H]1C[C@@H]2[C@H](CC[C@]3(C)C(=O)CC[C@@H]23)[C@@]2(C)CC/C(=N\OCCCNC)C[C@H]12.Cl. The highest BCUT2D eigenvalue weighted by Crippen LogP contribution is 2.66. The van der Waals surface area contributed by atoms with Gasteiger partial charge in [-0.15, -0.1) is 24.8 Å². The Morgan fingerprint density at radius 3 is 2.73 bits per heavy atom. The third-order valence-electron chi connectivity index (χ3n) is 9.33. The number of halogens is 1. The first-order valence-corrected chi connectivity index (χ1v) is 11.8. The van der Waals surface area contributed by atoms with Crippen LogP contribution < -0.4 is 5.32 Å². The van der Waals surface area contributed by atoms with Crippen LogP contribution >= 0.6 is 12.4 Å². The summed E-state index contributed by atoms with van der Waals surface area (Å²) in [5, 5.41) is 7.64. The molecule has 4 aliphatic carbocycles. The van der Waals surface area contributed by atoms with E-state index in [4.69, 9.17) is 11.3 Å². The van der Waals surface area contributed by atoms with Crippen LogP contribution in [0.3, 0.4) is 0 Å². The van der Waals surface area contributed by atoms with Crippen LogP contribution in [-0.4, -0.2) is 31.7 Å². The summed E-state index contributed by atoms with van der Waals surface area (Å²) in [7, 11) is 1.96. The zero-order valence-corrected chi connectivity index (χ0v) is 19.7. The van der Waals surface area contributed by atoms with Gasteiger partial charge in [0.15, 0.2) is 0 Å². The van der Waals surface area contributed by atoms with Crippen LogP contribution in [0.25, 0.3) is 0 Å². The highest BCUT2D eigenvalue weighted by molar-refractivity contribution is 5.87. The molecule has 1 N–H and O–H groups in total. The number of nitrogens with zero attached hydrogens (tertiary/aromatic N) is 1. The molecule has 7 atom stereocenters. The van der Waals surface area contributed by atoms with E-state index in [-0.39, 0.29) is 23.2 Å². The van der Waals surface area contributed by atoms with Crippen LogP contribution in [0.4, 0.5) is 0 Å². The Hall–Kier alpha value is -1.05. The van der Waals surface area contributed by atoms with Crippen LogP contribution in [0, 0.1) is 52.8 Å². The molecule has 0 saturated heterocycles. The van der Waals surface area contributed by atoms with Crippen molar-refractivity contribution in [3.63, 3.8) is 0 Å². The molecular weight excluding hydrogens is 396 g/mol. The van der Waals surface area contributed by atoms with Gasteiger partial charge in [-0.25, -0.2) is 0 Å². The molecule has 4 nitrogen and oxygen atoms in total. The van der Waals surface area contributed by atoms with E-state index in [2.05, 4.69) is 30.2 Å². The van der Waals surface area contributed by atoms with Crippen molar-refractivity contribution in [2.45, 2.75) is 71.6 Å². The molecule has 0 heterocycles. The van der Waals surface area contributed by atoms with Crippen molar-refractivity contribution in [1.82, 2.24) is 5.32 Å². The summed E-state index contributed by atoms with van der Waals surface area (Å²) < 4.78 is 0. The van der Waals surface area contributed by atoms with E-state index < -0.39 is 0 Å². The van der Waals surface area contributed by atoms with Crippen molar-refractivity contribution in [3.05, 3.63) is 0 Å². The third-order valence-corrected chi connectivity index (χ3v) is 9.33. The molecular formula is C25H39ClN2O2. The zero-order valence-electron chi connectivity index (χ0n) is 18.9. The number of oxime groups is 1. The second kappa shape index (κ2) is 9.21. The molecule has 0 amide bonds. The Bertz CT molecular complexity index is 716. The van der Waals surface area contributed by atoms with Crippen molar-refractivity contribution in [2.24, 2.45) is 45.6 Å². The number of nitrogens with one attached hydrogen (secondary N) is 1. The predicted octanol–water partition coefficient (Wildman–Crippen LogP) is 4.86. The van der Waals surface area contributed by atoms with Gasteiger partial charge in [-0.3, -0.25) is 4.79 Å². The molecule has 0 unspecified atom stereocenters.